The zero-order valence-electron chi connectivity index (χ0n) is 14.0. The summed E-state index contributed by atoms with van der Waals surface area (Å²) in [5.41, 5.74) is 3.35. The minimum atomic E-state index is 0.00676. The van der Waals surface area contributed by atoms with Crippen molar-refractivity contribution in [3.05, 3.63) is 60.2 Å². The van der Waals surface area contributed by atoms with Gasteiger partial charge in [-0.25, -0.2) is 0 Å². The van der Waals surface area contributed by atoms with Crippen molar-refractivity contribution in [3.8, 4) is 0 Å². The predicted octanol–water partition coefficient (Wildman–Crippen LogP) is 3.41. The second kappa shape index (κ2) is 8.39. The number of carbonyl (C=O) groups is 1. The fourth-order valence-corrected chi connectivity index (χ4v) is 3.07. The molecule has 0 spiro atoms. The SMILES string of the molecule is O=C(CNc1ccccc1N1CCCCC1)NCc1ccccc1. The van der Waals surface area contributed by atoms with Crippen LogP contribution >= 0.6 is 0 Å². The molecule has 2 aromatic carbocycles. The van der Waals surface area contributed by atoms with Gasteiger partial charge in [0.1, 0.15) is 0 Å². The maximum absolute atomic E-state index is 12.1. The second-order valence-electron chi connectivity index (χ2n) is 6.18. The first-order chi connectivity index (χ1) is 11.8. The van der Waals surface area contributed by atoms with Crippen LogP contribution in [0.15, 0.2) is 54.6 Å². The number of carbonyl (C=O) groups excluding carboxylic acids is 1. The summed E-state index contributed by atoms with van der Waals surface area (Å²) in [6.45, 7) is 3.05. The molecule has 1 saturated heterocycles. The highest BCUT2D eigenvalue weighted by Gasteiger charge is 2.14. The quantitative estimate of drug-likeness (QED) is 0.856. The first-order valence-electron chi connectivity index (χ1n) is 8.71. The van der Waals surface area contributed by atoms with Crippen LogP contribution in [0, 0.1) is 0 Å². The maximum atomic E-state index is 12.1. The molecule has 24 heavy (non-hydrogen) atoms. The third-order valence-corrected chi connectivity index (χ3v) is 4.37. The van der Waals surface area contributed by atoms with Gasteiger partial charge in [-0.15, -0.1) is 0 Å². The number of nitrogens with one attached hydrogen (secondary N) is 2. The van der Waals surface area contributed by atoms with E-state index in [0.29, 0.717) is 6.54 Å². The van der Waals surface area contributed by atoms with E-state index in [1.807, 2.05) is 36.4 Å². The average molecular weight is 323 g/mol. The summed E-state index contributed by atoms with van der Waals surface area (Å²) in [6.07, 6.45) is 3.80. The molecule has 2 aromatic rings. The zero-order chi connectivity index (χ0) is 16.6. The Morgan fingerprint density at radius 1 is 0.917 bits per heavy atom. The third-order valence-electron chi connectivity index (χ3n) is 4.37. The van der Waals surface area contributed by atoms with Crippen LogP contribution in [0.4, 0.5) is 11.4 Å². The molecule has 3 rings (SSSR count). The van der Waals surface area contributed by atoms with Crippen molar-refractivity contribution < 1.29 is 4.79 Å². The van der Waals surface area contributed by atoms with E-state index in [0.717, 1.165) is 24.3 Å². The highest BCUT2D eigenvalue weighted by molar-refractivity contribution is 5.82. The van der Waals surface area contributed by atoms with Gasteiger partial charge in [-0.2, -0.15) is 0 Å². The number of nitrogens with zero attached hydrogens (tertiary/aromatic N) is 1. The Kier molecular flexibility index (Phi) is 5.72. The molecular weight excluding hydrogens is 298 g/mol. The standard InChI is InChI=1S/C20H25N3O/c24-20(22-15-17-9-3-1-4-10-17)16-21-18-11-5-6-12-19(18)23-13-7-2-8-14-23/h1,3-6,9-12,21H,2,7-8,13-16H2,(H,22,24). The van der Waals surface area contributed by atoms with Gasteiger partial charge in [-0.1, -0.05) is 42.5 Å². The van der Waals surface area contributed by atoms with Gasteiger partial charge >= 0.3 is 0 Å². The van der Waals surface area contributed by atoms with Crippen LogP contribution < -0.4 is 15.5 Å². The van der Waals surface area contributed by atoms with Crippen molar-refractivity contribution in [2.45, 2.75) is 25.8 Å². The number of hydrogen-bond donors (Lipinski definition) is 2. The Hall–Kier alpha value is -2.49. The van der Waals surface area contributed by atoms with E-state index in [-0.39, 0.29) is 12.5 Å². The number of amides is 1. The Morgan fingerprint density at radius 2 is 1.62 bits per heavy atom. The molecule has 2 N–H and O–H groups in total. The van der Waals surface area contributed by atoms with Crippen molar-refractivity contribution in [2.75, 3.05) is 29.9 Å². The molecule has 0 aliphatic carbocycles. The summed E-state index contributed by atoms with van der Waals surface area (Å²) in [4.78, 5) is 14.5. The van der Waals surface area contributed by atoms with Gasteiger partial charge in [0.05, 0.1) is 17.9 Å². The van der Waals surface area contributed by atoms with Gasteiger partial charge in [0.15, 0.2) is 0 Å². The van der Waals surface area contributed by atoms with Gasteiger partial charge in [0.25, 0.3) is 0 Å². The Labute approximate surface area is 143 Å². The summed E-state index contributed by atoms with van der Waals surface area (Å²) < 4.78 is 0. The molecule has 4 nitrogen and oxygen atoms in total. The largest absolute Gasteiger partial charge is 0.374 e. The van der Waals surface area contributed by atoms with Crippen molar-refractivity contribution in [1.29, 1.82) is 0 Å². The molecule has 1 heterocycles. The molecule has 0 saturated carbocycles. The molecule has 1 fully saturated rings. The summed E-state index contributed by atoms with van der Waals surface area (Å²) in [5, 5.41) is 6.25. The maximum Gasteiger partial charge on any atom is 0.239 e. The van der Waals surface area contributed by atoms with Crippen molar-refractivity contribution in [1.82, 2.24) is 5.32 Å². The number of hydrogen-bond acceptors (Lipinski definition) is 3. The van der Waals surface area contributed by atoms with E-state index < -0.39 is 0 Å². The Morgan fingerprint density at radius 3 is 2.42 bits per heavy atom. The number of piperidine rings is 1. The molecule has 1 aliphatic rings. The number of anilines is 2. The van der Waals surface area contributed by atoms with E-state index in [2.05, 4.69) is 33.7 Å². The molecule has 4 heteroatoms. The molecule has 0 atom stereocenters. The van der Waals surface area contributed by atoms with Crippen LogP contribution in [0.3, 0.4) is 0 Å². The van der Waals surface area contributed by atoms with Gasteiger partial charge in [0, 0.05) is 19.6 Å². The topological polar surface area (TPSA) is 44.4 Å². The van der Waals surface area contributed by atoms with E-state index in [4.69, 9.17) is 0 Å². The monoisotopic (exact) mass is 323 g/mol. The lowest BCUT2D eigenvalue weighted by atomic mass is 10.1. The summed E-state index contributed by atoms with van der Waals surface area (Å²) in [5.74, 6) is 0.00676. The van der Waals surface area contributed by atoms with Crippen molar-refractivity contribution >= 4 is 17.3 Å². The van der Waals surface area contributed by atoms with Crippen LogP contribution in [-0.2, 0) is 11.3 Å². The Balaban J connectivity index is 1.53. The first kappa shape index (κ1) is 16.4. The minimum absolute atomic E-state index is 0.00676. The average Bonchev–Trinajstić information content (AvgIpc) is 2.66. The molecule has 0 bridgehead atoms. The number of benzene rings is 2. The van der Waals surface area contributed by atoms with Gasteiger partial charge in [-0.3, -0.25) is 4.79 Å². The van der Waals surface area contributed by atoms with Gasteiger partial charge < -0.3 is 15.5 Å². The van der Waals surface area contributed by atoms with E-state index in [9.17, 15) is 4.79 Å². The van der Waals surface area contributed by atoms with Crippen LogP contribution in [0.1, 0.15) is 24.8 Å². The molecular formula is C20H25N3O. The first-order valence-corrected chi connectivity index (χ1v) is 8.71. The van der Waals surface area contributed by atoms with Crippen LogP contribution in [0.25, 0.3) is 0 Å². The number of rotatable bonds is 6. The fraction of sp³-hybridized carbons (Fsp3) is 0.350. The van der Waals surface area contributed by atoms with Crippen molar-refractivity contribution in [2.24, 2.45) is 0 Å². The highest BCUT2D eigenvalue weighted by atomic mass is 16.1. The highest BCUT2D eigenvalue weighted by Crippen LogP contribution is 2.27. The van der Waals surface area contributed by atoms with Crippen LogP contribution in [0.2, 0.25) is 0 Å². The molecule has 1 aliphatic heterocycles. The minimum Gasteiger partial charge on any atom is -0.374 e. The zero-order valence-corrected chi connectivity index (χ0v) is 14.0. The molecule has 0 radical (unpaired) electrons. The lowest BCUT2D eigenvalue weighted by molar-refractivity contribution is -0.119. The molecule has 126 valence electrons. The Bertz CT molecular complexity index is 651. The molecule has 0 unspecified atom stereocenters. The fourth-order valence-electron chi connectivity index (χ4n) is 3.07. The van der Waals surface area contributed by atoms with Crippen LogP contribution in [0.5, 0.6) is 0 Å². The second-order valence-corrected chi connectivity index (χ2v) is 6.18. The lowest BCUT2D eigenvalue weighted by Crippen LogP contribution is -2.32. The summed E-state index contributed by atoms with van der Waals surface area (Å²) in [6, 6.07) is 18.2. The number of para-hydroxylation sites is 2. The molecule has 1 amide bonds. The summed E-state index contributed by atoms with van der Waals surface area (Å²) in [7, 11) is 0. The van der Waals surface area contributed by atoms with Gasteiger partial charge in [0.2, 0.25) is 5.91 Å². The van der Waals surface area contributed by atoms with Crippen molar-refractivity contribution in [3.63, 3.8) is 0 Å². The smallest absolute Gasteiger partial charge is 0.239 e. The van der Waals surface area contributed by atoms with E-state index in [1.54, 1.807) is 0 Å². The lowest BCUT2D eigenvalue weighted by Gasteiger charge is -2.30. The predicted molar refractivity (Wildman–Crippen MR) is 99.3 cm³/mol. The molecule has 0 aromatic heterocycles. The third kappa shape index (κ3) is 4.51. The normalized spacial score (nSPS) is 14.2. The van der Waals surface area contributed by atoms with E-state index in [1.165, 1.54) is 24.9 Å². The summed E-state index contributed by atoms with van der Waals surface area (Å²) >= 11 is 0. The van der Waals surface area contributed by atoms with E-state index >= 15 is 0 Å². The van der Waals surface area contributed by atoms with Gasteiger partial charge in [-0.05, 0) is 37.0 Å². The van der Waals surface area contributed by atoms with Crippen LogP contribution in [-0.4, -0.2) is 25.5 Å².